The maximum Gasteiger partial charge on any atom is 0.251 e. The standard InChI is InChI=1S/C23H23ClN4O3/c1-4-17-21(14-6-8-15(31-3)9-7-14)22-26-23(30)19(28(22)27-17)12-20(29)25-18-10-5-13(2)11-16(18)24/h5-11,19H,4,12H2,1-3H3,(H,25,29)(H,26,30). The second-order valence-electron chi connectivity index (χ2n) is 7.44. The maximum atomic E-state index is 12.7. The maximum absolute atomic E-state index is 12.7. The number of aryl methyl sites for hydroxylation is 2. The summed E-state index contributed by atoms with van der Waals surface area (Å²) in [5, 5.41) is 10.8. The van der Waals surface area contributed by atoms with Crippen LogP contribution in [0.4, 0.5) is 11.5 Å². The number of carbonyl (C=O) groups is 2. The number of ether oxygens (including phenoxy) is 1. The average Bonchev–Trinajstić information content (AvgIpc) is 3.25. The van der Waals surface area contributed by atoms with Gasteiger partial charge in [-0.05, 0) is 48.7 Å². The molecular weight excluding hydrogens is 416 g/mol. The number of hydrogen-bond donors (Lipinski definition) is 2. The second-order valence-corrected chi connectivity index (χ2v) is 7.84. The first-order valence-corrected chi connectivity index (χ1v) is 10.4. The van der Waals surface area contributed by atoms with E-state index in [9.17, 15) is 9.59 Å². The number of nitrogens with zero attached hydrogens (tertiary/aromatic N) is 2. The third-order valence-corrected chi connectivity index (χ3v) is 5.63. The van der Waals surface area contributed by atoms with E-state index in [4.69, 9.17) is 16.3 Å². The first-order valence-electron chi connectivity index (χ1n) is 10.0. The number of benzene rings is 2. The number of carbonyl (C=O) groups excluding carboxylic acids is 2. The predicted molar refractivity (Wildman–Crippen MR) is 121 cm³/mol. The summed E-state index contributed by atoms with van der Waals surface area (Å²) >= 11 is 6.21. The first-order chi connectivity index (χ1) is 14.9. The molecule has 2 amide bonds. The Morgan fingerprint density at radius 1 is 1.26 bits per heavy atom. The molecule has 0 aliphatic carbocycles. The molecule has 1 aliphatic heterocycles. The molecule has 2 N–H and O–H groups in total. The molecule has 0 radical (unpaired) electrons. The van der Waals surface area contributed by atoms with Gasteiger partial charge in [0.05, 0.1) is 29.9 Å². The van der Waals surface area contributed by atoms with E-state index < -0.39 is 6.04 Å². The van der Waals surface area contributed by atoms with Gasteiger partial charge in [-0.15, -0.1) is 0 Å². The minimum absolute atomic E-state index is 0.0457. The van der Waals surface area contributed by atoms with Crippen LogP contribution >= 0.6 is 11.6 Å². The summed E-state index contributed by atoms with van der Waals surface area (Å²) in [6.45, 7) is 3.93. The van der Waals surface area contributed by atoms with Crippen LogP contribution in [0.15, 0.2) is 42.5 Å². The van der Waals surface area contributed by atoms with Crippen molar-refractivity contribution in [3.05, 3.63) is 58.7 Å². The van der Waals surface area contributed by atoms with Crippen LogP contribution in [0.1, 0.15) is 30.6 Å². The molecule has 0 bridgehead atoms. The topological polar surface area (TPSA) is 85.2 Å². The Bertz CT molecular complexity index is 1150. The normalized spacial score (nSPS) is 14.8. The molecule has 1 aliphatic rings. The van der Waals surface area contributed by atoms with Crippen molar-refractivity contribution in [1.29, 1.82) is 0 Å². The van der Waals surface area contributed by atoms with Crippen molar-refractivity contribution in [3.8, 4) is 16.9 Å². The Kier molecular flexibility index (Phi) is 5.69. The first kappa shape index (κ1) is 20.9. The van der Waals surface area contributed by atoms with Gasteiger partial charge < -0.3 is 15.4 Å². The van der Waals surface area contributed by atoms with Crippen LogP contribution in [0.2, 0.25) is 5.02 Å². The summed E-state index contributed by atoms with van der Waals surface area (Å²) in [7, 11) is 1.61. The molecule has 1 atom stereocenters. The van der Waals surface area contributed by atoms with Gasteiger partial charge in [0, 0.05) is 5.56 Å². The molecule has 7 nitrogen and oxygen atoms in total. The molecule has 3 aromatic rings. The number of rotatable bonds is 6. The molecular formula is C23H23ClN4O3. The largest absolute Gasteiger partial charge is 0.497 e. The van der Waals surface area contributed by atoms with Crippen LogP contribution in [0.5, 0.6) is 5.75 Å². The van der Waals surface area contributed by atoms with Crippen molar-refractivity contribution in [2.45, 2.75) is 32.7 Å². The molecule has 4 rings (SSSR count). The van der Waals surface area contributed by atoms with Crippen LogP contribution in [0.25, 0.3) is 11.1 Å². The smallest absolute Gasteiger partial charge is 0.251 e. The Hall–Kier alpha value is -3.32. The fourth-order valence-electron chi connectivity index (χ4n) is 3.72. The van der Waals surface area contributed by atoms with E-state index in [0.717, 1.165) is 28.1 Å². The lowest BCUT2D eigenvalue weighted by Crippen LogP contribution is -2.24. The SMILES string of the molecule is CCc1nn2c(c1-c1ccc(OC)cc1)NC(=O)C2CC(=O)Nc1ccc(C)cc1Cl. The predicted octanol–water partition coefficient (Wildman–Crippen LogP) is 4.60. The van der Waals surface area contributed by atoms with Gasteiger partial charge in [0.2, 0.25) is 5.91 Å². The van der Waals surface area contributed by atoms with Gasteiger partial charge in [0.1, 0.15) is 17.6 Å². The number of fused-ring (bicyclic) bond motifs is 1. The molecule has 1 unspecified atom stereocenters. The number of methoxy groups -OCH3 is 1. The van der Waals surface area contributed by atoms with E-state index in [1.807, 2.05) is 44.2 Å². The number of hydrogen-bond acceptors (Lipinski definition) is 4. The van der Waals surface area contributed by atoms with Gasteiger partial charge in [-0.3, -0.25) is 9.59 Å². The van der Waals surface area contributed by atoms with E-state index in [2.05, 4.69) is 15.7 Å². The average molecular weight is 439 g/mol. The molecule has 0 saturated carbocycles. The van der Waals surface area contributed by atoms with E-state index in [1.54, 1.807) is 23.9 Å². The highest BCUT2D eigenvalue weighted by atomic mass is 35.5. The zero-order chi connectivity index (χ0) is 22.1. The van der Waals surface area contributed by atoms with Crippen molar-refractivity contribution in [1.82, 2.24) is 9.78 Å². The van der Waals surface area contributed by atoms with Gasteiger partial charge in [0.25, 0.3) is 5.91 Å². The summed E-state index contributed by atoms with van der Waals surface area (Å²) in [6.07, 6.45) is 0.644. The van der Waals surface area contributed by atoms with Gasteiger partial charge in [-0.2, -0.15) is 5.10 Å². The number of anilines is 2. The highest BCUT2D eigenvalue weighted by molar-refractivity contribution is 6.33. The lowest BCUT2D eigenvalue weighted by Gasteiger charge is -2.11. The molecule has 31 heavy (non-hydrogen) atoms. The minimum Gasteiger partial charge on any atom is -0.497 e. The second kappa shape index (κ2) is 8.43. The summed E-state index contributed by atoms with van der Waals surface area (Å²) in [5.74, 6) is 0.792. The minimum atomic E-state index is -0.725. The monoisotopic (exact) mass is 438 g/mol. The molecule has 0 spiro atoms. The van der Waals surface area contributed by atoms with Crippen LogP contribution in [0.3, 0.4) is 0 Å². The van der Waals surface area contributed by atoms with E-state index in [0.29, 0.717) is 22.9 Å². The third kappa shape index (κ3) is 4.01. The lowest BCUT2D eigenvalue weighted by atomic mass is 10.0. The Balaban J connectivity index is 1.60. The summed E-state index contributed by atoms with van der Waals surface area (Å²) in [4.78, 5) is 25.3. The molecule has 1 aromatic heterocycles. The molecule has 160 valence electrons. The van der Waals surface area contributed by atoms with Crippen molar-refractivity contribution < 1.29 is 14.3 Å². The van der Waals surface area contributed by atoms with E-state index >= 15 is 0 Å². The summed E-state index contributed by atoms with van der Waals surface area (Å²) < 4.78 is 6.85. The van der Waals surface area contributed by atoms with Gasteiger partial charge in [-0.1, -0.05) is 36.7 Å². The summed E-state index contributed by atoms with van der Waals surface area (Å²) in [5.41, 5.74) is 4.16. The fraction of sp³-hybridized carbons (Fsp3) is 0.261. The summed E-state index contributed by atoms with van der Waals surface area (Å²) in [6, 6.07) is 12.3. The van der Waals surface area contributed by atoms with Gasteiger partial charge in [-0.25, -0.2) is 4.68 Å². The highest BCUT2D eigenvalue weighted by Crippen LogP contribution is 2.39. The van der Waals surface area contributed by atoms with Crippen molar-refractivity contribution in [2.24, 2.45) is 0 Å². The van der Waals surface area contributed by atoms with Gasteiger partial charge in [0.15, 0.2) is 0 Å². The van der Waals surface area contributed by atoms with Crippen LogP contribution in [0, 0.1) is 6.92 Å². The Morgan fingerprint density at radius 3 is 2.65 bits per heavy atom. The number of nitrogens with one attached hydrogen (secondary N) is 2. The highest BCUT2D eigenvalue weighted by Gasteiger charge is 2.36. The molecule has 0 fully saturated rings. The van der Waals surface area contributed by atoms with Crippen LogP contribution in [-0.4, -0.2) is 28.7 Å². The Labute approximate surface area is 185 Å². The fourth-order valence-corrected chi connectivity index (χ4v) is 4.01. The van der Waals surface area contributed by atoms with Crippen LogP contribution in [-0.2, 0) is 16.0 Å². The van der Waals surface area contributed by atoms with Crippen molar-refractivity contribution in [3.63, 3.8) is 0 Å². The zero-order valence-corrected chi connectivity index (χ0v) is 18.3. The van der Waals surface area contributed by atoms with Gasteiger partial charge >= 0.3 is 0 Å². The molecule has 2 heterocycles. The Morgan fingerprint density at radius 2 is 2.00 bits per heavy atom. The van der Waals surface area contributed by atoms with E-state index in [-0.39, 0.29) is 18.2 Å². The van der Waals surface area contributed by atoms with Crippen molar-refractivity contribution in [2.75, 3.05) is 17.7 Å². The van der Waals surface area contributed by atoms with Crippen molar-refractivity contribution >= 4 is 34.9 Å². The number of halogens is 1. The van der Waals surface area contributed by atoms with E-state index in [1.165, 1.54) is 0 Å². The number of aromatic nitrogens is 2. The number of amides is 2. The quantitative estimate of drug-likeness (QED) is 0.588. The molecule has 8 heteroatoms. The molecule has 0 saturated heterocycles. The van der Waals surface area contributed by atoms with Crippen LogP contribution < -0.4 is 15.4 Å². The molecule has 2 aromatic carbocycles. The zero-order valence-electron chi connectivity index (χ0n) is 17.5. The lowest BCUT2D eigenvalue weighted by molar-refractivity contribution is -0.123. The third-order valence-electron chi connectivity index (χ3n) is 5.31.